The highest BCUT2D eigenvalue weighted by Gasteiger charge is 2.47. The van der Waals surface area contributed by atoms with Gasteiger partial charge in [0.25, 0.3) is 0 Å². The van der Waals surface area contributed by atoms with E-state index in [0.717, 1.165) is 19.0 Å². The van der Waals surface area contributed by atoms with Gasteiger partial charge in [-0.25, -0.2) is 4.68 Å². The Kier molecular flexibility index (Phi) is 1.50. The molecule has 1 fully saturated rings. The molecule has 3 heteroatoms. The van der Waals surface area contributed by atoms with E-state index in [1.165, 1.54) is 18.4 Å². The Balaban J connectivity index is 1.96. The lowest BCUT2D eigenvalue weighted by molar-refractivity contribution is 0.147. The van der Waals surface area contributed by atoms with Gasteiger partial charge in [-0.1, -0.05) is 13.8 Å². The molecule has 0 saturated heterocycles. The van der Waals surface area contributed by atoms with Gasteiger partial charge >= 0.3 is 0 Å². The molecule has 0 N–H and O–H groups in total. The van der Waals surface area contributed by atoms with E-state index in [9.17, 15) is 0 Å². The van der Waals surface area contributed by atoms with Gasteiger partial charge in [-0.15, -0.1) is 0 Å². The SMILES string of the molecule is CC(C)c1cnn2c1OCC1(CC1)C2. The monoisotopic (exact) mass is 192 g/mol. The van der Waals surface area contributed by atoms with E-state index >= 15 is 0 Å². The highest BCUT2D eigenvalue weighted by Crippen LogP contribution is 2.50. The second kappa shape index (κ2) is 2.53. The number of aromatic nitrogens is 2. The molecule has 0 radical (unpaired) electrons. The van der Waals surface area contributed by atoms with Crippen LogP contribution >= 0.6 is 0 Å². The summed E-state index contributed by atoms with van der Waals surface area (Å²) in [4.78, 5) is 0. The van der Waals surface area contributed by atoms with Crippen molar-refractivity contribution in [2.24, 2.45) is 5.41 Å². The third kappa shape index (κ3) is 1.08. The minimum atomic E-state index is 0.452. The summed E-state index contributed by atoms with van der Waals surface area (Å²) in [5.74, 6) is 1.52. The van der Waals surface area contributed by atoms with Crippen molar-refractivity contribution in [1.29, 1.82) is 0 Å². The van der Waals surface area contributed by atoms with Gasteiger partial charge < -0.3 is 4.74 Å². The Morgan fingerprint density at radius 1 is 1.50 bits per heavy atom. The molecule has 0 bridgehead atoms. The Morgan fingerprint density at radius 3 is 2.93 bits per heavy atom. The van der Waals surface area contributed by atoms with Crippen molar-refractivity contribution in [1.82, 2.24) is 9.78 Å². The molecule has 1 aromatic heterocycles. The van der Waals surface area contributed by atoms with Crippen LogP contribution < -0.4 is 4.74 Å². The largest absolute Gasteiger partial charge is 0.477 e. The van der Waals surface area contributed by atoms with Gasteiger partial charge in [0.1, 0.15) is 0 Å². The molecule has 2 aliphatic rings. The first kappa shape index (κ1) is 8.33. The average Bonchev–Trinajstić information content (AvgIpc) is 2.77. The molecular weight excluding hydrogens is 176 g/mol. The van der Waals surface area contributed by atoms with Gasteiger partial charge in [0.15, 0.2) is 0 Å². The second-order valence-corrected chi connectivity index (χ2v) is 5.01. The van der Waals surface area contributed by atoms with Crippen LogP contribution in [0.15, 0.2) is 6.20 Å². The Hall–Kier alpha value is -0.990. The summed E-state index contributed by atoms with van der Waals surface area (Å²) in [6, 6.07) is 0. The third-order valence-electron chi connectivity index (χ3n) is 3.40. The summed E-state index contributed by atoms with van der Waals surface area (Å²) in [6.45, 7) is 6.33. The van der Waals surface area contributed by atoms with Gasteiger partial charge in [-0.2, -0.15) is 5.10 Å². The smallest absolute Gasteiger partial charge is 0.215 e. The molecular formula is C11H16N2O. The van der Waals surface area contributed by atoms with Gasteiger partial charge in [-0.3, -0.25) is 0 Å². The van der Waals surface area contributed by atoms with Crippen LogP contribution in [0.25, 0.3) is 0 Å². The zero-order chi connectivity index (χ0) is 9.76. The molecule has 3 nitrogen and oxygen atoms in total. The Morgan fingerprint density at radius 2 is 2.29 bits per heavy atom. The molecule has 2 heterocycles. The standard InChI is InChI=1S/C11H16N2O/c1-8(2)9-5-12-13-6-11(3-4-11)7-14-10(9)13/h5,8H,3-4,6-7H2,1-2H3. The van der Waals surface area contributed by atoms with E-state index in [2.05, 4.69) is 18.9 Å². The molecule has 1 aliphatic carbocycles. The predicted octanol–water partition coefficient (Wildman–Crippen LogP) is 2.18. The van der Waals surface area contributed by atoms with Crippen molar-refractivity contribution < 1.29 is 4.74 Å². The summed E-state index contributed by atoms with van der Waals surface area (Å²) in [5, 5.41) is 4.41. The summed E-state index contributed by atoms with van der Waals surface area (Å²) in [6.07, 6.45) is 4.58. The van der Waals surface area contributed by atoms with Gasteiger partial charge in [-0.05, 0) is 18.8 Å². The molecule has 76 valence electrons. The maximum atomic E-state index is 5.83. The van der Waals surface area contributed by atoms with E-state index in [4.69, 9.17) is 4.74 Å². The van der Waals surface area contributed by atoms with Gasteiger partial charge in [0.2, 0.25) is 5.88 Å². The number of hydrogen-bond acceptors (Lipinski definition) is 2. The van der Waals surface area contributed by atoms with Crippen LogP contribution in [0.1, 0.15) is 38.2 Å². The average molecular weight is 192 g/mol. The highest BCUT2D eigenvalue weighted by molar-refractivity contribution is 5.29. The van der Waals surface area contributed by atoms with Crippen molar-refractivity contribution in [2.75, 3.05) is 6.61 Å². The van der Waals surface area contributed by atoms with E-state index in [1.807, 2.05) is 10.9 Å². The van der Waals surface area contributed by atoms with Gasteiger partial charge in [0, 0.05) is 11.0 Å². The minimum absolute atomic E-state index is 0.452. The topological polar surface area (TPSA) is 27.1 Å². The summed E-state index contributed by atoms with van der Waals surface area (Å²) in [5.41, 5.74) is 1.70. The fourth-order valence-corrected chi connectivity index (χ4v) is 2.12. The zero-order valence-corrected chi connectivity index (χ0v) is 8.79. The van der Waals surface area contributed by atoms with Crippen LogP contribution in [0.3, 0.4) is 0 Å². The molecule has 14 heavy (non-hydrogen) atoms. The fourth-order valence-electron chi connectivity index (χ4n) is 2.12. The van der Waals surface area contributed by atoms with Crippen LogP contribution in [0.2, 0.25) is 0 Å². The van der Waals surface area contributed by atoms with Crippen LogP contribution in [-0.4, -0.2) is 16.4 Å². The number of rotatable bonds is 1. The zero-order valence-electron chi connectivity index (χ0n) is 8.79. The molecule has 1 aromatic rings. The lowest BCUT2D eigenvalue weighted by atomic mass is 10.1. The first-order valence-corrected chi connectivity index (χ1v) is 5.39. The van der Waals surface area contributed by atoms with Crippen molar-refractivity contribution in [3.8, 4) is 5.88 Å². The van der Waals surface area contributed by atoms with E-state index in [0.29, 0.717) is 11.3 Å². The lowest BCUT2D eigenvalue weighted by Gasteiger charge is -2.24. The molecule has 0 unspecified atom stereocenters. The molecule has 0 amide bonds. The van der Waals surface area contributed by atoms with Crippen LogP contribution in [0.4, 0.5) is 0 Å². The Labute approximate surface area is 84.1 Å². The highest BCUT2D eigenvalue weighted by atomic mass is 16.5. The van der Waals surface area contributed by atoms with Crippen LogP contribution in [-0.2, 0) is 6.54 Å². The van der Waals surface area contributed by atoms with E-state index < -0.39 is 0 Å². The molecule has 0 aromatic carbocycles. The van der Waals surface area contributed by atoms with Crippen LogP contribution in [0, 0.1) is 5.41 Å². The number of fused-ring (bicyclic) bond motifs is 1. The molecule has 1 aliphatic heterocycles. The maximum absolute atomic E-state index is 5.83. The third-order valence-corrected chi connectivity index (χ3v) is 3.40. The molecule has 3 rings (SSSR count). The summed E-state index contributed by atoms with van der Waals surface area (Å²) in [7, 11) is 0. The first-order chi connectivity index (χ1) is 6.70. The Bertz CT molecular complexity index is 363. The number of ether oxygens (including phenoxy) is 1. The quantitative estimate of drug-likeness (QED) is 0.682. The predicted molar refractivity (Wildman–Crippen MR) is 53.5 cm³/mol. The minimum Gasteiger partial charge on any atom is -0.477 e. The lowest BCUT2D eigenvalue weighted by Crippen LogP contribution is -2.27. The first-order valence-electron chi connectivity index (χ1n) is 5.39. The van der Waals surface area contributed by atoms with E-state index in [1.54, 1.807) is 0 Å². The van der Waals surface area contributed by atoms with Crippen molar-refractivity contribution >= 4 is 0 Å². The summed E-state index contributed by atoms with van der Waals surface area (Å²) < 4.78 is 7.88. The van der Waals surface area contributed by atoms with Crippen molar-refractivity contribution in [3.63, 3.8) is 0 Å². The van der Waals surface area contributed by atoms with Crippen LogP contribution in [0.5, 0.6) is 5.88 Å². The number of nitrogens with zero attached hydrogens (tertiary/aromatic N) is 2. The van der Waals surface area contributed by atoms with Crippen molar-refractivity contribution in [2.45, 2.75) is 39.2 Å². The molecule has 1 spiro atoms. The normalized spacial score (nSPS) is 22.2. The fraction of sp³-hybridized carbons (Fsp3) is 0.727. The van der Waals surface area contributed by atoms with Crippen molar-refractivity contribution in [3.05, 3.63) is 11.8 Å². The maximum Gasteiger partial charge on any atom is 0.215 e. The molecule has 1 saturated carbocycles. The van der Waals surface area contributed by atoms with E-state index in [-0.39, 0.29) is 0 Å². The summed E-state index contributed by atoms with van der Waals surface area (Å²) >= 11 is 0. The number of hydrogen-bond donors (Lipinski definition) is 0. The second-order valence-electron chi connectivity index (χ2n) is 5.01. The molecule has 0 atom stereocenters. The van der Waals surface area contributed by atoms with Gasteiger partial charge in [0.05, 0.1) is 19.3 Å².